The maximum atomic E-state index is 11.6. The molecule has 4 aromatic rings. The largest absolute Gasteiger partial charge is 0.411 e. The lowest BCUT2D eigenvalue weighted by Gasteiger charge is -2.18. The molecular formula is C17H14N6O5S. The highest BCUT2D eigenvalue weighted by Crippen LogP contribution is 2.42. The van der Waals surface area contributed by atoms with E-state index in [-0.39, 0.29) is 40.8 Å². The smallest absolute Gasteiger partial charge is 0.323 e. The zero-order chi connectivity index (χ0) is 20.4. The molecule has 0 aliphatic rings. The van der Waals surface area contributed by atoms with Crippen molar-refractivity contribution in [2.45, 2.75) is 10.1 Å². The molecule has 2 heterocycles. The van der Waals surface area contributed by atoms with Crippen LogP contribution in [0.15, 0.2) is 55.6 Å². The SMILES string of the molecule is CN(CCO)c1cc(Sc2nnc(-c3ccccc3)o2)c2nonc2c1[N+](=O)[O-]. The lowest BCUT2D eigenvalue weighted by Crippen LogP contribution is -2.22. The summed E-state index contributed by atoms with van der Waals surface area (Å²) in [6.45, 7) is 0.0236. The molecule has 0 radical (unpaired) electrons. The zero-order valence-electron chi connectivity index (χ0n) is 15.1. The van der Waals surface area contributed by atoms with Crippen LogP contribution in [0.3, 0.4) is 0 Å². The summed E-state index contributed by atoms with van der Waals surface area (Å²) >= 11 is 1.09. The van der Waals surface area contributed by atoms with Gasteiger partial charge in [-0.05, 0) is 40.3 Å². The summed E-state index contributed by atoms with van der Waals surface area (Å²) < 4.78 is 10.5. The van der Waals surface area contributed by atoms with Crippen molar-refractivity contribution >= 4 is 34.2 Å². The zero-order valence-corrected chi connectivity index (χ0v) is 15.9. The van der Waals surface area contributed by atoms with Crippen molar-refractivity contribution in [3.63, 3.8) is 0 Å². The molecular weight excluding hydrogens is 400 g/mol. The van der Waals surface area contributed by atoms with Gasteiger partial charge >= 0.3 is 5.69 Å². The van der Waals surface area contributed by atoms with Crippen LogP contribution in [-0.2, 0) is 0 Å². The topological polar surface area (TPSA) is 144 Å². The minimum Gasteiger partial charge on any atom is -0.411 e. The van der Waals surface area contributed by atoms with Crippen molar-refractivity contribution in [3.8, 4) is 11.5 Å². The minimum absolute atomic E-state index is 0.00240. The molecule has 0 saturated heterocycles. The second-order valence-corrected chi connectivity index (χ2v) is 6.94. The summed E-state index contributed by atoms with van der Waals surface area (Å²) in [7, 11) is 1.63. The molecule has 11 nitrogen and oxygen atoms in total. The number of aliphatic hydroxyl groups excluding tert-OH is 1. The average molecular weight is 414 g/mol. The van der Waals surface area contributed by atoms with Gasteiger partial charge in [0.25, 0.3) is 5.22 Å². The van der Waals surface area contributed by atoms with E-state index in [1.807, 2.05) is 30.3 Å². The number of aliphatic hydroxyl groups is 1. The minimum atomic E-state index is -0.551. The van der Waals surface area contributed by atoms with Crippen LogP contribution in [0, 0.1) is 10.1 Å². The molecule has 1 N–H and O–H groups in total. The molecule has 0 spiro atoms. The van der Waals surface area contributed by atoms with E-state index in [2.05, 4.69) is 20.5 Å². The fourth-order valence-corrected chi connectivity index (χ4v) is 3.54. The summed E-state index contributed by atoms with van der Waals surface area (Å²) in [5, 5.41) is 36.6. The highest BCUT2D eigenvalue weighted by Gasteiger charge is 2.28. The number of benzene rings is 2. The number of nitro groups is 1. The maximum Gasteiger partial charge on any atom is 0.323 e. The predicted octanol–water partition coefficient (Wildman–Crippen LogP) is 2.76. The summed E-state index contributed by atoms with van der Waals surface area (Å²) in [6.07, 6.45) is 0. The lowest BCUT2D eigenvalue weighted by atomic mass is 10.2. The first-order chi connectivity index (χ1) is 14.1. The van der Waals surface area contributed by atoms with Gasteiger partial charge in [-0.25, -0.2) is 4.63 Å². The summed E-state index contributed by atoms with van der Waals surface area (Å²) in [5.74, 6) is 0.349. The molecule has 0 unspecified atom stereocenters. The van der Waals surface area contributed by atoms with Crippen LogP contribution < -0.4 is 4.90 Å². The van der Waals surface area contributed by atoms with E-state index < -0.39 is 4.92 Å². The van der Waals surface area contributed by atoms with E-state index in [1.165, 1.54) is 0 Å². The highest BCUT2D eigenvalue weighted by atomic mass is 32.2. The Kier molecular flexibility index (Phi) is 5.10. The van der Waals surface area contributed by atoms with Gasteiger partial charge in [0, 0.05) is 19.2 Å². The average Bonchev–Trinajstić information content (AvgIpc) is 3.38. The normalized spacial score (nSPS) is 11.1. The van der Waals surface area contributed by atoms with Crippen LogP contribution in [0.4, 0.5) is 11.4 Å². The standard InChI is InChI=1S/C17H14N6O5S/c1-22(7-8-24)11-9-12(13-14(21-28-20-13)15(11)23(25)26)29-17-19-18-16(27-17)10-5-3-2-4-6-10/h2-6,9,24H,7-8H2,1H3. The molecule has 29 heavy (non-hydrogen) atoms. The van der Waals surface area contributed by atoms with Crippen molar-refractivity contribution in [1.29, 1.82) is 0 Å². The molecule has 0 aliphatic carbocycles. The van der Waals surface area contributed by atoms with Gasteiger partial charge in [0.15, 0.2) is 5.52 Å². The number of rotatable bonds is 7. The third-order valence-corrected chi connectivity index (χ3v) is 4.98. The number of nitro benzene ring substituents is 1. The van der Waals surface area contributed by atoms with Crippen LogP contribution in [0.2, 0.25) is 0 Å². The summed E-state index contributed by atoms with van der Waals surface area (Å²) in [6, 6.07) is 10.8. The Morgan fingerprint density at radius 1 is 1.21 bits per heavy atom. The van der Waals surface area contributed by atoms with Crippen LogP contribution in [-0.4, -0.2) is 50.7 Å². The van der Waals surface area contributed by atoms with Gasteiger partial charge in [-0.2, -0.15) is 0 Å². The van der Waals surface area contributed by atoms with E-state index in [9.17, 15) is 15.2 Å². The van der Waals surface area contributed by atoms with Crippen molar-refractivity contribution in [2.75, 3.05) is 25.1 Å². The Morgan fingerprint density at radius 2 is 1.97 bits per heavy atom. The Morgan fingerprint density at radius 3 is 2.69 bits per heavy atom. The number of likely N-dealkylation sites (N-methyl/N-ethyl adjacent to an activating group) is 1. The fraction of sp³-hybridized carbons (Fsp3) is 0.176. The molecule has 4 rings (SSSR count). The first kappa shape index (κ1) is 18.8. The van der Waals surface area contributed by atoms with Crippen molar-refractivity contribution < 1.29 is 19.1 Å². The van der Waals surface area contributed by atoms with E-state index in [0.717, 1.165) is 17.3 Å². The van der Waals surface area contributed by atoms with E-state index >= 15 is 0 Å². The van der Waals surface area contributed by atoms with Crippen LogP contribution in [0.25, 0.3) is 22.5 Å². The van der Waals surface area contributed by atoms with Gasteiger partial charge < -0.3 is 14.4 Å². The van der Waals surface area contributed by atoms with Gasteiger partial charge in [-0.3, -0.25) is 10.1 Å². The van der Waals surface area contributed by atoms with E-state index in [1.54, 1.807) is 18.0 Å². The second-order valence-electron chi connectivity index (χ2n) is 5.95. The van der Waals surface area contributed by atoms with E-state index in [0.29, 0.717) is 10.8 Å². The van der Waals surface area contributed by atoms with Gasteiger partial charge in [0.1, 0.15) is 5.69 Å². The van der Waals surface area contributed by atoms with Crippen LogP contribution in [0.5, 0.6) is 0 Å². The Hall–Kier alpha value is -3.51. The molecule has 0 atom stereocenters. The molecule has 2 aromatic carbocycles. The maximum absolute atomic E-state index is 11.6. The van der Waals surface area contributed by atoms with Crippen molar-refractivity contribution in [2.24, 2.45) is 0 Å². The van der Waals surface area contributed by atoms with Crippen LogP contribution >= 0.6 is 11.8 Å². The second kappa shape index (κ2) is 7.85. The Labute approximate surface area is 167 Å². The van der Waals surface area contributed by atoms with Crippen LogP contribution in [0.1, 0.15) is 0 Å². The van der Waals surface area contributed by atoms with Gasteiger partial charge in [0.05, 0.1) is 16.4 Å². The number of fused-ring (bicyclic) bond motifs is 1. The molecule has 0 saturated carbocycles. The summed E-state index contributed by atoms with van der Waals surface area (Å²) in [4.78, 5) is 13.1. The Bertz CT molecular complexity index is 1160. The Balaban J connectivity index is 1.76. The third kappa shape index (κ3) is 3.62. The molecule has 0 aliphatic heterocycles. The number of aromatic nitrogens is 4. The first-order valence-electron chi connectivity index (χ1n) is 8.41. The van der Waals surface area contributed by atoms with Crippen molar-refractivity contribution in [1.82, 2.24) is 20.5 Å². The number of hydrogen-bond donors (Lipinski definition) is 1. The third-order valence-electron chi connectivity index (χ3n) is 4.11. The molecule has 0 fully saturated rings. The molecule has 2 aromatic heterocycles. The van der Waals surface area contributed by atoms with Crippen molar-refractivity contribution in [3.05, 3.63) is 46.5 Å². The monoisotopic (exact) mass is 414 g/mol. The molecule has 12 heteroatoms. The molecule has 0 amide bonds. The predicted molar refractivity (Wildman–Crippen MR) is 103 cm³/mol. The first-order valence-corrected chi connectivity index (χ1v) is 9.22. The fourth-order valence-electron chi connectivity index (χ4n) is 2.75. The van der Waals surface area contributed by atoms with Gasteiger partial charge in [-0.1, -0.05) is 18.2 Å². The molecule has 0 bridgehead atoms. The highest BCUT2D eigenvalue weighted by molar-refractivity contribution is 7.99. The number of nitrogens with zero attached hydrogens (tertiary/aromatic N) is 6. The van der Waals surface area contributed by atoms with E-state index in [4.69, 9.17) is 9.05 Å². The lowest BCUT2D eigenvalue weighted by molar-refractivity contribution is -0.382. The quantitative estimate of drug-likeness (QED) is 0.352. The number of hydrogen-bond acceptors (Lipinski definition) is 11. The molecule has 148 valence electrons. The summed E-state index contributed by atoms with van der Waals surface area (Å²) in [5.41, 5.74) is 0.992. The van der Waals surface area contributed by atoms with Gasteiger partial charge in [-0.15, -0.1) is 10.2 Å². The number of anilines is 1. The van der Waals surface area contributed by atoms with Gasteiger partial charge in [0.2, 0.25) is 11.4 Å².